The van der Waals surface area contributed by atoms with Crippen molar-refractivity contribution in [2.75, 3.05) is 10.2 Å². The number of hydrogen-bond donors (Lipinski definition) is 1. The zero-order valence-electron chi connectivity index (χ0n) is 16.6. The molecule has 5 rings (SSSR count). The van der Waals surface area contributed by atoms with Crippen LogP contribution in [0.25, 0.3) is 11.3 Å². The number of rotatable bonds is 4. The van der Waals surface area contributed by atoms with Crippen molar-refractivity contribution in [3.63, 3.8) is 0 Å². The van der Waals surface area contributed by atoms with Crippen LogP contribution >= 0.6 is 11.6 Å². The van der Waals surface area contributed by atoms with E-state index in [1.807, 2.05) is 18.2 Å². The van der Waals surface area contributed by atoms with Crippen LogP contribution in [0.3, 0.4) is 0 Å². The number of non-ortho nitro benzene ring substituents is 1. The first-order valence-electron chi connectivity index (χ1n) is 9.81. The quantitative estimate of drug-likeness (QED) is 0.295. The Morgan fingerprint density at radius 2 is 1.75 bits per heavy atom. The summed E-state index contributed by atoms with van der Waals surface area (Å²) >= 11 is 6.43. The minimum Gasteiger partial charge on any atom is -0.457 e. The highest BCUT2D eigenvalue weighted by molar-refractivity contribution is 6.34. The highest BCUT2D eigenvalue weighted by Crippen LogP contribution is 2.40. The second-order valence-corrected chi connectivity index (χ2v) is 7.64. The smallest absolute Gasteiger partial charge is 0.270 e. The van der Waals surface area contributed by atoms with Gasteiger partial charge in [-0.25, -0.2) is 0 Å². The minimum atomic E-state index is -0.662. The number of fused-ring (bicyclic) bond motifs is 1. The van der Waals surface area contributed by atoms with Crippen molar-refractivity contribution < 1.29 is 14.1 Å². The SMILES string of the molecule is O=C1c2ccccc2NC(c2ccc(-c3cccc([N+](=O)[O-])c3)o2)N1c1ccccc1Cl. The summed E-state index contributed by atoms with van der Waals surface area (Å²) < 4.78 is 6.08. The lowest BCUT2D eigenvalue weighted by atomic mass is 10.1. The molecule has 32 heavy (non-hydrogen) atoms. The number of carbonyl (C=O) groups excluding carboxylic acids is 1. The van der Waals surface area contributed by atoms with E-state index in [1.165, 1.54) is 12.1 Å². The minimum absolute atomic E-state index is 0.0296. The molecule has 1 aliphatic rings. The second kappa shape index (κ2) is 7.86. The predicted molar refractivity (Wildman–Crippen MR) is 122 cm³/mol. The molecule has 0 saturated carbocycles. The van der Waals surface area contributed by atoms with Gasteiger partial charge in [-0.1, -0.05) is 48.0 Å². The number of nitro groups is 1. The monoisotopic (exact) mass is 445 g/mol. The standard InChI is InChI=1S/C24H16ClN3O4/c25-18-9-2-4-11-20(18)27-23(26-19-10-3-1-8-17(19)24(27)29)22-13-12-21(32-22)15-6-5-7-16(14-15)28(30)31/h1-14,23,26H. The van der Waals surface area contributed by atoms with E-state index in [-0.39, 0.29) is 11.6 Å². The molecule has 0 saturated heterocycles. The molecule has 1 aromatic heterocycles. The fourth-order valence-corrected chi connectivity index (χ4v) is 4.00. The number of hydrogen-bond acceptors (Lipinski definition) is 5. The highest BCUT2D eigenvalue weighted by atomic mass is 35.5. The summed E-state index contributed by atoms with van der Waals surface area (Å²) in [6.07, 6.45) is -0.662. The number of amides is 1. The fraction of sp³-hybridized carbons (Fsp3) is 0.0417. The predicted octanol–water partition coefficient (Wildman–Crippen LogP) is 6.28. The van der Waals surface area contributed by atoms with Gasteiger partial charge in [0.05, 0.1) is 21.2 Å². The third-order valence-corrected chi connectivity index (χ3v) is 5.60. The topological polar surface area (TPSA) is 88.6 Å². The van der Waals surface area contributed by atoms with Crippen molar-refractivity contribution in [1.82, 2.24) is 0 Å². The van der Waals surface area contributed by atoms with E-state index >= 15 is 0 Å². The molecule has 0 radical (unpaired) electrons. The molecular formula is C24H16ClN3O4. The molecule has 4 aromatic rings. The van der Waals surface area contributed by atoms with E-state index in [0.717, 1.165) is 0 Å². The van der Waals surface area contributed by atoms with Gasteiger partial charge in [0.15, 0.2) is 6.17 Å². The Balaban J connectivity index is 1.60. The molecule has 8 heteroatoms. The maximum absolute atomic E-state index is 13.5. The van der Waals surface area contributed by atoms with Crippen LogP contribution in [0.5, 0.6) is 0 Å². The highest BCUT2D eigenvalue weighted by Gasteiger charge is 2.36. The number of anilines is 2. The molecule has 1 atom stereocenters. The van der Waals surface area contributed by atoms with Crippen LogP contribution in [-0.4, -0.2) is 10.8 Å². The first-order valence-corrected chi connectivity index (χ1v) is 10.2. The summed E-state index contributed by atoms with van der Waals surface area (Å²) in [6, 6.07) is 24.0. The lowest BCUT2D eigenvalue weighted by Crippen LogP contribution is -2.43. The number of nitro benzene ring substituents is 1. The van der Waals surface area contributed by atoms with Gasteiger partial charge in [-0.05, 0) is 36.4 Å². The van der Waals surface area contributed by atoms with Gasteiger partial charge in [0.2, 0.25) is 0 Å². The zero-order valence-corrected chi connectivity index (χ0v) is 17.3. The summed E-state index contributed by atoms with van der Waals surface area (Å²) in [6.45, 7) is 0. The van der Waals surface area contributed by atoms with Gasteiger partial charge in [-0.2, -0.15) is 0 Å². The van der Waals surface area contributed by atoms with Crippen LogP contribution < -0.4 is 10.2 Å². The third kappa shape index (κ3) is 3.38. The van der Waals surface area contributed by atoms with Crippen LogP contribution in [0.2, 0.25) is 5.02 Å². The second-order valence-electron chi connectivity index (χ2n) is 7.23. The Kier molecular flexibility index (Phi) is 4.88. The molecule has 0 aliphatic carbocycles. The normalized spacial score (nSPS) is 15.2. The third-order valence-electron chi connectivity index (χ3n) is 5.28. The van der Waals surface area contributed by atoms with E-state index in [1.54, 1.807) is 59.5 Å². The summed E-state index contributed by atoms with van der Waals surface area (Å²) in [4.78, 5) is 25.7. The Labute approximate surface area is 188 Å². The van der Waals surface area contributed by atoms with Crippen LogP contribution in [0.1, 0.15) is 22.3 Å². The number of halogens is 1. The van der Waals surface area contributed by atoms with E-state index < -0.39 is 11.1 Å². The zero-order chi connectivity index (χ0) is 22.2. The Hall–Kier alpha value is -4.10. The van der Waals surface area contributed by atoms with E-state index in [0.29, 0.717) is 39.0 Å². The van der Waals surface area contributed by atoms with Crippen molar-refractivity contribution in [3.8, 4) is 11.3 Å². The molecule has 0 spiro atoms. The van der Waals surface area contributed by atoms with Crippen LogP contribution in [0, 0.1) is 10.1 Å². The number of benzene rings is 3. The summed E-state index contributed by atoms with van der Waals surface area (Å²) in [5.41, 5.74) is 2.28. The molecule has 0 bridgehead atoms. The van der Waals surface area contributed by atoms with Crippen molar-refractivity contribution in [3.05, 3.63) is 111 Å². The van der Waals surface area contributed by atoms with Crippen molar-refractivity contribution >= 4 is 34.6 Å². The average Bonchev–Trinajstić information content (AvgIpc) is 3.30. The molecule has 7 nitrogen and oxygen atoms in total. The molecule has 2 heterocycles. The van der Waals surface area contributed by atoms with E-state index in [4.69, 9.17) is 16.0 Å². The van der Waals surface area contributed by atoms with Gasteiger partial charge < -0.3 is 9.73 Å². The van der Waals surface area contributed by atoms with E-state index in [2.05, 4.69) is 5.32 Å². The largest absolute Gasteiger partial charge is 0.457 e. The molecule has 1 N–H and O–H groups in total. The lowest BCUT2D eigenvalue weighted by molar-refractivity contribution is -0.384. The van der Waals surface area contributed by atoms with E-state index in [9.17, 15) is 14.9 Å². The fourth-order valence-electron chi connectivity index (χ4n) is 3.78. The first-order chi connectivity index (χ1) is 15.5. The van der Waals surface area contributed by atoms with Gasteiger partial charge in [-0.3, -0.25) is 19.8 Å². The van der Waals surface area contributed by atoms with Gasteiger partial charge in [0.25, 0.3) is 11.6 Å². The summed E-state index contributed by atoms with van der Waals surface area (Å²) in [5, 5.41) is 14.9. The Bertz CT molecular complexity index is 1350. The number of nitrogens with one attached hydrogen (secondary N) is 1. The molecule has 3 aromatic carbocycles. The number of nitrogens with zero attached hydrogens (tertiary/aromatic N) is 2. The Morgan fingerprint density at radius 3 is 2.56 bits per heavy atom. The molecule has 158 valence electrons. The molecule has 1 unspecified atom stereocenters. The lowest BCUT2D eigenvalue weighted by Gasteiger charge is -2.37. The van der Waals surface area contributed by atoms with Crippen molar-refractivity contribution in [1.29, 1.82) is 0 Å². The van der Waals surface area contributed by atoms with Gasteiger partial charge in [-0.15, -0.1) is 0 Å². The first kappa shape index (κ1) is 19.8. The molecule has 1 amide bonds. The summed E-state index contributed by atoms with van der Waals surface area (Å²) in [7, 11) is 0. The Morgan fingerprint density at radius 1 is 0.969 bits per heavy atom. The maximum atomic E-state index is 13.5. The van der Waals surface area contributed by atoms with Crippen LogP contribution in [0.4, 0.5) is 17.1 Å². The molecular weight excluding hydrogens is 430 g/mol. The van der Waals surface area contributed by atoms with Gasteiger partial charge in [0.1, 0.15) is 11.5 Å². The molecule has 0 fully saturated rings. The number of carbonyl (C=O) groups is 1. The van der Waals surface area contributed by atoms with Crippen LogP contribution in [-0.2, 0) is 0 Å². The summed E-state index contributed by atoms with van der Waals surface area (Å²) in [5.74, 6) is 0.705. The maximum Gasteiger partial charge on any atom is 0.270 e. The van der Waals surface area contributed by atoms with Gasteiger partial charge in [0, 0.05) is 23.4 Å². The van der Waals surface area contributed by atoms with Crippen molar-refractivity contribution in [2.45, 2.75) is 6.17 Å². The van der Waals surface area contributed by atoms with Crippen LogP contribution in [0.15, 0.2) is 89.3 Å². The van der Waals surface area contributed by atoms with Gasteiger partial charge >= 0.3 is 0 Å². The number of furan rings is 1. The van der Waals surface area contributed by atoms with Crippen molar-refractivity contribution in [2.24, 2.45) is 0 Å². The molecule has 1 aliphatic heterocycles. The number of para-hydroxylation sites is 2. The average molecular weight is 446 g/mol.